The molecular formula is C51H34N4. The third-order valence-electron chi connectivity index (χ3n) is 10.3. The number of fused-ring (bicyclic) bond motifs is 3. The van der Waals surface area contributed by atoms with E-state index in [-0.39, 0.29) is 0 Å². The first-order chi connectivity index (χ1) is 27.2. The molecule has 0 atom stereocenters. The van der Waals surface area contributed by atoms with E-state index < -0.39 is 0 Å². The summed E-state index contributed by atoms with van der Waals surface area (Å²) >= 11 is 0. The van der Waals surface area contributed by atoms with E-state index in [1.54, 1.807) is 0 Å². The molecule has 0 fully saturated rings. The van der Waals surface area contributed by atoms with Crippen molar-refractivity contribution in [2.24, 2.45) is 0 Å². The van der Waals surface area contributed by atoms with Crippen LogP contribution in [0.1, 0.15) is 0 Å². The van der Waals surface area contributed by atoms with Gasteiger partial charge in [0.25, 0.3) is 0 Å². The van der Waals surface area contributed by atoms with Crippen molar-refractivity contribution in [3.05, 3.63) is 206 Å². The van der Waals surface area contributed by atoms with Crippen LogP contribution in [0.4, 0.5) is 0 Å². The molecule has 0 aliphatic heterocycles. The predicted molar refractivity (Wildman–Crippen MR) is 227 cm³/mol. The predicted octanol–water partition coefficient (Wildman–Crippen LogP) is 13.0. The summed E-state index contributed by atoms with van der Waals surface area (Å²) in [6.45, 7) is 0. The highest BCUT2D eigenvalue weighted by molar-refractivity contribution is 6.09. The molecular weight excluding hydrogens is 669 g/mol. The molecule has 3 heterocycles. The Morgan fingerprint density at radius 3 is 1.25 bits per heavy atom. The van der Waals surface area contributed by atoms with Crippen molar-refractivity contribution in [1.29, 1.82) is 0 Å². The molecule has 0 unspecified atom stereocenters. The van der Waals surface area contributed by atoms with Gasteiger partial charge in [0.1, 0.15) is 0 Å². The lowest BCUT2D eigenvalue weighted by molar-refractivity contribution is 1.17. The van der Waals surface area contributed by atoms with E-state index in [4.69, 9.17) is 9.97 Å². The van der Waals surface area contributed by atoms with Gasteiger partial charge in [0.15, 0.2) is 5.82 Å². The average Bonchev–Trinajstić information content (AvgIpc) is 3.61. The van der Waals surface area contributed by atoms with Crippen LogP contribution >= 0.6 is 0 Å². The number of benzene rings is 7. The van der Waals surface area contributed by atoms with Crippen LogP contribution in [0.5, 0.6) is 0 Å². The van der Waals surface area contributed by atoms with Crippen LogP contribution in [0, 0.1) is 0 Å². The lowest BCUT2D eigenvalue weighted by atomic mass is 9.99. The number of nitrogens with zero attached hydrogens (tertiary/aromatic N) is 4. The molecule has 10 rings (SSSR count). The molecule has 0 saturated heterocycles. The SMILES string of the molecule is c1ccc(-c2ccc(-c3ccc(-c4nc(-c5ccc(-c6ccccn6)cc5)cc(-c5ccc(-n6c7ccccc7c7ccccc76)cc5)n4)cc3)cc2)cc1. The topological polar surface area (TPSA) is 43.6 Å². The number of aromatic nitrogens is 4. The third-order valence-corrected chi connectivity index (χ3v) is 10.3. The number of hydrogen-bond donors (Lipinski definition) is 0. The second kappa shape index (κ2) is 13.8. The van der Waals surface area contributed by atoms with Gasteiger partial charge in [-0.15, -0.1) is 0 Å². The van der Waals surface area contributed by atoms with Crippen LogP contribution in [0.25, 0.3) is 94.9 Å². The highest BCUT2D eigenvalue weighted by Crippen LogP contribution is 2.34. The Bertz CT molecular complexity index is 2860. The van der Waals surface area contributed by atoms with E-state index in [0.717, 1.165) is 56.1 Å². The fourth-order valence-corrected chi connectivity index (χ4v) is 7.50. The van der Waals surface area contributed by atoms with Crippen molar-refractivity contribution >= 4 is 21.8 Å². The largest absolute Gasteiger partial charge is 0.309 e. The minimum atomic E-state index is 0.679. The van der Waals surface area contributed by atoms with Gasteiger partial charge in [-0.2, -0.15) is 0 Å². The normalized spacial score (nSPS) is 11.3. The van der Waals surface area contributed by atoms with E-state index in [9.17, 15) is 0 Å². The zero-order valence-corrected chi connectivity index (χ0v) is 29.9. The van der Waals surface area contributed by atoms with Crippen molar-refractivity contribution < 1.29 is 0 Å². The first kappa shape index (κ1) is 32.2. The lowest BCUT2D eigenvalue weighted by Gasteiger charge is -2.12. The standard InChI is InChI=1S/C51H34N4/c1-2-10-35(11-3-1)36-17-19-37(20-18-36)38-21-27-42(28-22-38)51-53-47(40-25-23-39(24-26-40)46-14-8-9-33-52-46)34-48(54-51)41-29-31-43(32-30-41)55-49-15-6-4-12-44(49)45-13-5-7-16-50(45)55/h1-34H. The van der Waals surface area contributed by atoms with Crippen LogP contribution in [0.3, 0.4) is 0 Å². The Labute approximate surface area is 319 Å². The average molecular weight is 703 g/mol. The third kappa shape index (κ3) is 6.16. The number of rotatable bonds is 7. The summed E-state index contributed by atoms with van der Waals surface area (Å²) in [5, 5.41) is 2.49. The van der Waals surface area contributed by atoms with Gasteiger partial charge in [-0.05, 0) is 64.7 Å². The molecule has 10 aromatic rings. The minimum absolute atomic E-state index is 0.679. The second-order valence-electron chi connectivity index (χ2n) is 13.7. The number of pyridine rings is 1. The van der Waals surface area contributed by atoms with E-state index in [0.29, 0.717) is 5.82 Å². The van der Waals surface area contributed by atoms with Gasteiger partial charge < -0.3 is 4.57 Å². The summed E-state index contributed by atoms with van der Waals surface area (Å²) < 4.78 is 2.34. The molecule has 0 bridgehead atoms. The van der Waals surface area contributed by atoms with Crippen LogP contribution in [-0.2, 0) is 0 Å². The zero-order chi connectivity index (χ0) is 36.6. The smallest absolute Gasteiger partial charge is 0.160 e. The first-order valence-electron chi connectivity index (χ1n) is 18.5. The molecule has 0 spiro atoms. The minimum Gasteiger partial charge on any atom is -0.309 e. The van der Waals surface area contributed by atoms with Crippen LogP contribution in [-0.4, -0.2) is 19.5 Å². The summed E-state index contributed by atoms with van der Waals surface area (Å²) in [6, 6.07) is 70.2. The van der Waals surface area contributed by atoms with Crippen molar-refractivity contribution in [2.75, 3.05) is 0 Å². The maximum absolute atomic E-state index is 5.18. The van der Waals surface area contributed by atoms with E-state index in [1.807, 2.05) is 30.5 Å². The Morgan fingerprint density at radius 2 is 0.727 bits per heavy atom. The van der Waals surface area contributed by atoms with Gasteiger partial charge in [0.05, 0.1) is 28.1 Å². The van der Waals surface area contributed by atoms with Gasteiger partial charge in [-0.1, -0.05) is 158 Å². The summed E-state index contributed by atoms with van der Waals surface area (Å²) in [4.78, 5) is 14.9. The molecule has 0 amide bonds. The molecule has 4 nitrogen and oxygen atoms in total. The van der Waals surface area contributed by atoms with Crippen molar-refractivity contribution in [3.8, 4) is 73.1 Å². The maximum atomic E-state index is 5.18. The molecule has 0 radical (unpaired) electrons. The Balaban J connectivity index is 1.03. The molecule has 4 heteroatoms. The molecule has 258 valence electrons. The fraction of sp³-hybridized carbons (Fsp3) is 0. The fourth-order valence-electron chi connectivity index (χ4n) is 7.50. The number of hydrogen-bond acceptors (Lipinski definition) is 3. The van der Waals surface area contributed by atoms with E-state index in [2.05, 4.69) is 185 Å². The zero-order valence-electron chi connectivity index (χ0n) is 29.9. The maximum Gasteiger partial charge on any atom is 0.160 e. The molecule has 0 N–H and O–H groups in total. The molecule has 0 saturated carbocycles. The molecule has 55 heavy (non-hydrogen) atoms. The van der Waals surface area contributed by atoms with Crippen molar-refractivity contribution in [3.63, 3.8) is 0 Å². The summed E-state index contributed by atoms with van der Waals surface area (Å²) in [5.41, 5.74) is 14.9. The van der Waals surface area contributed by atoms with Crippen LogP contribution < -0.4 is 0 Å². The molecule has 3 aromatic heterocycles. The van der Waals surface area contributed by atoms with Gasteiger partial charge in [-0.25, -0.2) is 9.97 Å². The molecule has 7 aromatic carbocycles. The van der Waals surface area contributed by atoms with Gasteiger partial charge in [0.2, 0.25) is 0 Å². The van der Waals surface area contributed by atoms with Gasteiger partial charge in [-0.3, -0.25) is 4.98 Å². The quantitative estimate of drug-likeness (QED) is 0.166. The monoisotopic (exact) mass is 702 g/mol. The summed E-state index contributed by atoms with van der Waals surface area (Å²) in [6.07, 6.45) is 1.82. The Kier molecular flexibility index (Phi) is 8.12. The molecule has 0 aliphatic rings. The highest BCUT2D eigenvalue weighted by Gasteiger charge is 2.14. The van der Waals surface area contributed by atoms with E-state index in [1.165, 1.54) is 32.9 Å². The lowest BCUT2D eigenvalue weighted by Crippen LogP contribution is -1.97. The second-order valence-corrected chi connectivity index (χ2v) is 13.7. The Morgan fingerprint density at radius 1 is 0.309 bits per heavy atom. The van der Waals surface area contributed by atoms with Gasteiger partial charge >= 0.3 is 0 Å². The van der Waals surface area contributed by atoms with Crippen LogP contribution in [0.2, 0.25) is 0 Å². The summed E-state index contributed by atoms with van der Waals surface area (Å²) in [5.74, 6) is 0.679. The first-order valence-corrected chi connectivity index (χ1v) is 18.5. The molecule has 0 aliphatic carbocycles. The van der Waals surface area contributed by atoms with Crippen molar-refractivity contribution in [1.82, 2.24) is 19.5 Å². The highest BCUT2D eigenvalue weighted by atomic mass is 15.0. The van der Waals surface area contributed by atoms with Gasteiger partial charge in [0, 0.05) is 44.9 Å². The van der Waals surface area contributed by atoms with E-state index >= 15 is 0 Å². The van der Waals surface area contributed by atoms with Crippen molar-refractivity contribution in [2.45, 2.75) is 0 Å². The Hall–Kier alpha value is -7.43. The number of para-hydroxylation sites is 2. The van der Waals surface area contributed by atoms with Crippen LogP contribution in [0.15, 0.2) is 206 Å². The summed E-state index contributed by atoms with van der Waals surface area (Å²) in [7, 11) is 0.